The highest BCUT2D eigenvalue weighted by atomic mass is 32.2. The summed E-state index contributed by atoms with van der Waals surface area (Å²) in [5.41, 5.74) is 0.834. The van der Waals surface area contributed by atoms with Crippen LogP contribution in [0.15, 0.2) is 95.1 Å². The quantitative estimate of drug-likeness (QED) is 0.0752. The van der Waals surface area contributed by atoms with Crippen LogP contribution in [0, 0.1) is 18.0 Å². The Kier molecular flexibility index (Phi) is 10.2. The second kappa shape index (κ2) is 14.3. The Bertz CT molecular complexity index is 1930. The first-order chi connectivity index (χ1) is 23.2. The molecule has 13 nitrogen and oxygen atoms in total. The van der Waals surface area contributed by atoms with Gasteiger partial charge in [0.2, 0.25) is 11.2 Å². The first kappa shape index (κ1) is 34.9. The fraction of sp³-hybridized carbons (Fsp3) is 0.281. The van der Waals surface area contributed by atoms with Crippen molar-refractivity contribution in [1.29, 1.82) is 0 Å². The van der Waals surface area contributed by atoms with Gasteiger partial charge in [0.05, 0.1) is 45.8 Å². The number of ether oxygens (including phenoxy) is 1. The van der Waals surface area contributed by atoms with Crippen molar-refractivity contribution in [2.75, 3.05) is 13.1 Å². The zero-order valence-electron chi connectivity index (χ0n) is 26.2. The molecule has 2 atom stereocenters. The minimum atomic E-state index is -4.72. The Hall–Kier alpha value is -5.45. The summed E-state index contributed by atoms with van der Waals surface area (Å²) in [5.74, 6) is -2.46. The highest BCUT2D eigenvalue weighted by molar-refractivity contribution is 7.90. The average Bonchev–Trinajstić information content (AvgIpc) is 3.54. The zero-order valence-corrected chi connectivity index (χ0v) is 27.0. The van der Waals surface area contributed by atoms with Crippen molar-refractivity contribution in [2.45, 2.75) is 44.1 Å². The van der Waals surface area contributed by atoms with Gasteiger partial charge in [0.1, 0.15) is 0 Å². The molecule has 4 aromatic rings. The highest BCUT2D eigenvalue weighted by Gasteiger charge is 2.36. The second-order valence-corrected chi connectivity index (χ2v) is 12.9. The van der Waals surface area contributed by atoms with Gasteiger partial charge in [0.15, 0.2) is 5.69 Å². The number of benzene rings is 3. The molecule has 3 aromatic carbocycles. The van der Waals surface area contributed by atoms with Gasteiger partial charge < -0.3 is 9.94 Å². The van der Waals surface area contributed by atoms with Gasteiger partial charge in [-0.05, 0) is 62.2 Å². The van der Waals surface area contributed by atoms with Crippen LogP contribution in [0.2, 0.25) is 0 Å². The van der Waals surface area contributed by atoms with Crippen molar-refractivity contribution < 1.29 is 45.7 Å². The molecule has 0 saturated carbocycles. The Morgan fingerprint density at radius 1 is 1.06 bits per heavy atom. The molecule has 49 heavy (non-hydrogen) atoms. The predicted molar refractivity (Wildman–Crippen MR) is 167 cm³/mol. The van der Waals surface area contributed by atoms with E-state index in [0.29, 0.717) is 12.0 Å². The fourth-order valence-corrected chi connectivity index (χ4v) is 6.03. The number of amides is 1. The van der Waals surface area contributed by atoms with Gasteiger partial charge in [-0.1, -0.05) is 48.0 Å². The van der Waals surface area contributed by atoms with Crippen LogP contribution < -0.4 is 4.72 Å². The summed E-state index contributed by atoms with van der Waals surface area (Å²) in [6, 6.07) is 20.7. The topological polar surface area (TPSA) is 158 Å². The van der Waals surface area contributed by atoms with Crippen molar-refractivity contribution in [2.24, 2.45) is 11.2 Å². The van der Waals surface area contributed by atoms with Crippen molar-refractivity contribution >= 4 is 21.9 Å². The van der Waals surface area contributed by atoms with E-state index >= 15 is 0 Å². The van der Waals surface area contributed by atoms with Gasteiger partial charge in [-0.25, -0.2) is 22.6 Å². The van der Waals surface area contributed by atoms with E-state index in [-0.39, 0.29) is 46.3 Å². The van der Waals surface area contributed by atoms with Crippen molar-refractivity contribution in [3.8, 4) is 16.9 Å². The second-order valence-electron chi connectivity index (χ2n) is 11.2. The number of hydrazine groups is 1. The molecule has 1 amide bonds. The molecule has 0 spiro atoms. The Balaban J connectivity index is 1.23. The van der Waals surface area contributed by atoms with Gasteiger partial charge >= 0.3 is 12.1 Å². The molecule has 0 aliphatic carbocycles. The highest BCUT2D eigenvalue weighted by Crippen LogP contribution is 2.33. The third-order valence-electron chi connectivity index (χ3n) is 7.53. The van der Waals surface area contributed by atoms with Crippen LogP contribution in [0.25, 0.3) is 16.9 Å². The van der Waals surface area contributed by atoms with E-state index in [1.165, 1.54) is 19.1 Å². The number of nitrogens with zero attached hydrogens (tertiary/aromatic N) is 5. The number of hydrogen-bond acceptors (Lipinski definition) is 9. The molecule has 2 unspecified atom stereocenters. The van der Waals surface area contributed by atoms with E-state index in [1.807, 2.05) is 11.6 Å². The maximum Gasteiger partial charge on any atom is 0.435 e. The lowest BCUT2D eigenvalue weighted by Gasteiger charge is -2.28. The Morgan fingerprint density at radius 3 is 2.39 bits per heavy atom. The summed E-state index contributed by atoms with van der Waals surface area (Å²) < 4.78 is 75.1. The van der Waals surface area contributed by atoms with Gasteiger partial charge in [0, 0.05) is 12.5 Å². The van der Waals surface area contributed by atoms with Crippen molar-refractivity contribution in [3.63, 3.8) is 0 Å². The molecule has 0 radical (unpaired) electrons. The molecule has 258 valence electrons. The van der Waals surface area contributed by atoms with Crippen LogP contribution >= 0.6 is 0 Å². The summed E-state index contributed by atoms with van der Waals surface area (Å²) in [5, 5.41) is 20.8. The van der Waals surface area contributed by atoms with Crippen LogP contribution in [0.3, 0.4) is 0 Å². The number of piperidine rings is 1. The van der Waals surface area contributed by atoms with Crippen molar-refractivity contribution in [3.05, 3.63) is 107 Å². The Labute approximate surface area is 279 Å². The van der Waals surface area contributed by atoms with E-state index in [9.17, 15) is 36.4 Å². The lowest BCUT2D eigenvalue weighted by Crippen LogP contribution is -2.46. The molecular formula is C32H31F3N6O7S. The zero-order chi connectivity index (χ0) is 35.3. The number of alkyl halides is 3. The maximum atomic E-state index is 13.6. The molecule has 2 heterocycles. The van der Waals surface area contributed by atoms with E-state index < -0.39 is 46.0 Å². The van der Waals surface area contributed by atoms with Crippen LogP contribution in [-0.2, 0) is 30.6 Å². The number of carbonyl (C=O) groups excluding carboxylic acids is 2. The van der Waals surface area contributed by atoms with Crippen molar-refractivity contribution in [1.82, 2.24) is 19.5 Å². The van der Waals surface area contributed by atoms with Crippen LogP contribution in [-0.4, -0.2) is 59.4 Å². The SMILES string of the molecule is Cc1ccc(-c2cc(C(F)(F)F)nn2-c2ccc(S(=O)(=O)NC(=O)C3CCCN([N+]([O-])=NOC(C)OC(=O)c4ccccc4)C3)cc2)cc1. The summed E-state index contributed by atoms with van der Waals surface area (Å²) >= 11 is 0. The predicted octanol–water partition coefficient (Wildman–Crippen LogP) is 5.40. The lowest BCUT2D eigenvalue weighted by molar-refractivity contribution is -0.715. The molecule has 1 aliphatic heterocycles. The molecular weight excluding hydrogens is 669 g/mol. The van der Waals surface area contributed by atoms with Gasteiger partial charge in [-0.3, -0.25) is 9.63 Å². The minimum Gasteiger partial charge on any atom is -0.569 e. The van der Waals surface area contributed by atoms with E-state index in [2.05, 4.69) is 10.4 Å². The number of carbonyl (C=O) groups is 2. The standard InChI is InChI=1S/C32H31F3N6O7S/c1-21-10-12-23(13-11-21)28-19-29(32(33,34)35)36-40(28)26-14-16-27(17-15-26)49(45,46)37-30(42)25-9-6-18-39(20-25)41(44)38-48-22(2)47-31(43)24-7-4-3-5-8-24/h3-5,7-8,10-17,19,22,25H,6,9,18,20H2,1-2H3,(H,37,42). The summed E-state index contributed by atoms with van der Waals surface area (Å²) in [7, 11) is -4.40. The molecule has 1 N–H and O–H groups in total. The van der Waals surface area contributed by atoms with E-state index in [1.54, 1.807) is 54.6 Å². The number of esters is 1. The number of halogens is 3. The average molecular weight is 701 g/mol. The van der Waals surface area contributed by atoms with Crippen LogP contribution in [0.1, 0.15) is 41.4 Å². The Morgan fingerprint density at radius 2 is 1.73 bits per heavy atom. The van der Waals surface area contributed by atoms with Crippen LogP contribution in [0.4, 0.5) is 13.2 Å². The molecule has 0 bridgehead atoms. The maximum absolute atomic E-state index is 13.6. The smallest absolute Gasteiger partial charge is 0.435 e. The van der Waals surface area contributed by atoms with Gasteiger partial charge in [0.25, 0.3) is 16.3 Å². The first-order valence-corrected chi connectivity index (χ1v) is 16.5. The van der Waals surface area contributed by atoms with Crippen LogP contribution in [0.5, 0.6) is 0 Å². The third-order valence-corrected chi connectivity index (χ3v) is 8.90. The van der Waals surface area contributed by atoms with E-state index in [4.69, 9.17) is 9.57 Å². The van der Waals surface area contributed by atoms with E-state index in [0.717, 1.165) is 33.5 Å². The third kappa shape index (κ3) is 8.53. The largest absolute Gasteiger partial charge is 0.569 e. The van der Waals surface area contributed by atoms with Gasteiger partial charge in [-0.2, -0.15) is 18.3 Å². The normalized spacial score (nSPS) is 16.1. The number of rotatable bonds is 10. The number of hydrogen-bond donors (Lipinski definition) is 1. The first-order valence-electron chi connectivity index (χ1n) is 15.0. The summed E-state index contributed by atoms with van der Waals surface area (Å²) in [6.07, 6.45) is -5.29. The molecule has 17 heteroatoms. The molecule has 5 rings (SSSR count). The molecule has 1 aliphatic rings. The summed E-state index contributed by atoms with van der Waals surface area (Å²) in [4.78, 5) is 29.9. The number of sulfonamides is 1. The van der Waals surface area contributed by atoms with Gasteiger partial charge in [-0.15, -0.1) is 5.01 Å². The summed E-state index contributed by atoms with van der Waals surface area (Å²) in [6.45, 7) is 3.21. The number of aromatic nitrogens is 2. The fourth-order valence-electron chi connectivity index (χ4n) is 4.99. The minimum absolute atomic E-state index is 0.101. The monoisotopic (exact) mass is 700 g/mol. The lowest BCUT2D eigenvalue weighted by atomic mass is 9.99. The molecule has 1 saturated heterocycles. The molecule has 1 aromatic heterocycles. The number of aryl methyl sites for hydroxylation is 1. The molecule has 1 fully saturated rings. The number of nitrogens with one attached hydrogen (secondary N) is 1.